The molecule has 0 aliphatic carbocycles. The minimum Gasteiger partial charge on any atom is -0.481 e. The van der Waals surface area contributed by atoms with E-state index in [1.54, 1.807) is 0 Å². The van der Waals surface area contributed by atoms with Crippen molar-refractivity contribution < 1.29 is 29.3 Å². The van der Waals surface area contributed by atoms with E-state index in [1.165, 1.54) is 19.3 Å². The van der Waals surface area contributed by atoms with Gasteiger partial charge in [-0.3, -0.25) is 9.59 Å². The topological polar surface area (TPSA) is 108 Å². The van der Waals surface area contributed by atoms with Crippen molar-refractivity contribution in [3.8, 4) is 11.1 Å². The summed E-state index contributed by atoms with van der Waals surface area (Å²) in [7, 11) is 0. The van der Waals surface area contributed by atoms with E-state index in [-0.39, 0.29) is 31.1 Å². The van der Waals surface area contributed by atoms with E-state index in [0.717, 1.165) is 78.7 Å². The molecule has 2 saturated heterocycles. The van der Waals surface area contributed by atoms with Gasteiger partial charge in [-0.2, -0.15) is 0 Å². The maximum atomic E-state index is 12.5. The number of carboxylic acid groups (broad SMARTS) is 1. The summed E-state index contributed by atoms with van der Waals surface area (Å²) >= 11 is 0. The average Bonchev–Trinajstić information content (AvgIpc) is 3.09. The number of hydrogen-bond donors (Lipinski definition) is 3. The molecule has 0 aromatic heterocycles. The van der Waals surface area contributed by atoms with Crippen LogP contribution in [0.5, 0.6) is 0 Å². The second-order valence-corrected chi connectivity index (χ2v) is 12.6. The molecular formula is C38H48N2O6. The molecule has 0 saturated carbocycles. The van der Waals surface area contributed by atoms with Crippen LogP contribution >= 0.6 is 0 Å². The lowest BCUT2D eigenvalue weighted by Crippen LogP contribution is -2.41. The van der Waals surface area contributed by atoms with Crippen LogP contribution in [0.3, 0.4) is 0 Å². The van der Waals surface area contributed by atoms with Crippen molar-refractivity contribution in [2.45, 2.75) is 95.9 Å². The van der Waals surface area contributed by atoms with Crippen LogP contribution in [-0.2, 0) is 32.2 Å². The number of unbranched alkanes of at least 4 members (excludes halogenated alkanes) is 3. The van der Waals surface area contributed by atoms with Gasteiger partial charge in [-0.1, -0.05) is 92.1 Å². The first kappa shape index (κ1) is 33.8. The van der Waals surface area contributed by atoms with Crippen LogP contribution in [0, 0.1) is 0 Å². The number of piperidine rings is 1. The molecule has 2 fully saturated rings. The number of likely N-dealkylation sites (tertiary alicyclic amines) is 1. The normalized spacial score (nSPS) is 20.3. The zero-order valence-electron chi connectivity index (χ0n) is 26.7. The van der Waals surface area contributed by atoms with Crippen molar-refractivity contribution in [3.05, 3.63) is 95.1 Å². The number of rotatable bonds is 15. The van der Waals surface area contributed by atoms with Crippen LogP contribution < -0.4 is 5.32 Å². The molecule has 2 aliphatic heterocycles. The van der Waals surface area contributed by atoms with Crippen molar-refractivity contribution in [2.24, 2.45) is 0 Å². The maximum Gasteiger partial charge on any atom is 0.303 e. The summed E-state index contributed by atoms with van der Waals surface area (Å²) in [6.07, 6.45) is 7.74. The van der Waals surface area contributed by atoms with Gasteiger partial charge >= 0.3 is 5.97 Å². The summed E-state index contributed by atoms with van der Waals surface area (Å²) in [5, 5.41) is 21.3. The van der Waals surface area contributed by atoms with E-state index in [4.69, 9.17) is 14.6 Å². The molecule has 3 N–H and O–H groups in total. The molecule has 3 atom stereocenters. The lowest BCUT2D eigenvalue weighted by molar-refractivity contribution is -0.253. The summed E-state index contributed by atoms with van der Waals surface area (Å²) in [6.45, 7) is 3.59. The molecule has 3 aromatic carbocycles. The van der Waals surface area contributed by atoms with Gasteiger partial charge in [0.2, 0.25) is 5.91 Å². The fraction of sp³-hybridized carbons (Fsp3) is 0.474. The highest BCUT2D eigenvalue weighted by Gasteiger charge is 2.33. The molecular weight excluding hydrogens is 580 g/mol. The van der Waals surface area contributed by atoms with Crippen LogP contribution in [0.15, 0.2) is 72.8 Å². The van der Waals surface area contributed by atoms with Gasteiger partial charge in [-0.15, -0.1) is 0 Å². The third-order valence-corrected chi connectivity index (χ3v) is 9.06. The van der Waals surface area contributed by atoms with E-state index in [2.05, 4.69) is 52.7 Å². The summed E-state index contributed by atoms with van der Waals surface area (Å²) in [4.78, 5) is 25.7. The van der Waals surface area contributed by atoms with Gasteiger partial charge < -0.3 is 29.9 Å². The SMILES string of the molecule is O=C(O)CCCCCCC(=O)NCc1ccccc1-c1ccc([C@H]2O[C@@H](CN3CCCCC3)C[C@@H](c3ccc(CO)cc3)O2)cc1. The third kappa shape index (κ3) is 9.97. The first-order valence-corrected chi connectivity index (χ1v) is 16.9. The summed E-state index contributed by atoms with van der Waals surface area (Å²) in [5.41, 5.74) is 6.13. The monoisotopic (exact) mass is 628 g/mol. The van der Waals surface area contributed by atoms with Crippen LogP contribution in [0.1, 0.15) is 98.9 Å². The summed E-state index contributed by atoms with van der Waals surface area (Å²) in [5.74, 6) is -0.761. The lowest BCUT2D eigenvalue weighted by atomic mass is 9.97. The second-order valence-electron chi connectivity index (χ2n) is 12.6. The first-order valence-electron chi connectivity index (χ1n) is 16.9. The Morgan fingerprint density at radius 2 is 1.50 bits per heavy atom. The Morgan fingerprint density at radius 3 is 2.22 bits per heavy atom. The predicted octanol–water partition coefficient (Wildman–Crippen LogP) is 6.92. The van der Waals surface area contributed by atoms with E-state index in [0.29, 0.717) is 19.4 Å². The fourth-order valence-corrected chi connectivity index (χ4v) is 6.44. The number of carboxylic acids is 1. The zero-order chi connectivity index (χ0) is 32.1. The molecule has 46 heavy (non-hydrogen) atoms. The van der Waals surface area contributed by atoms with Crippen molar-refractivity contribution in [2.75, 3.05) is 19.6 Å². The maximum absolute atomic E-state index is 12.5. The second kappa shape index (κ2) is 17.4. The number of aliphatic carboxylic acids is 1. The number of aliphatic hydroxyl groups is 1. The highest BCUT2D eigenvalue weighted by atomic mass is 16.7. The highest BCUT2D eigenvalue weighted by Crippen LogP contribution is 2.39. The smallest absolute Gasteiger partial charge is 0.303 e. The Kier molecular flexibility index (Phi) is 12.8. The van der Waals surface area contributed by atoms with Gasteiger partial charge in [-0.05, 0) is 66.6 Å². The molecule has 2 heterocycles. The van der Waals surface area contributed by atoms with Gasteiger partial charge in [0, 0.05) is 37.9 Å². The minimum absolute atomic E-state index is 0.00893. The number of aliphatic hydroxyl groups excluding tert-OH is 1. The van der Waals surface area contributed by atoms with Crippen molar-refractivity contribution in [1.29, 1.82) is 0 Å². The van der Waals surface area contributed by atoms with Gasteiger partial charge in [0.15, 0.2) is 6.29 Å². The van der Waals surface area contributed by atoms with Gasteiger partial charge in [-0.25, -0.2) is 0 Å². The Morgan fingerprint density at radius 1 is 0.804 bits per heavy atom. The number of carbonyl (C=O) groups is 2. The largest absolute Gasteiger partial charge is 0.481 e. The molecule has 5 rings (SSSR count). The van der Waals surface area contributed by atoms with E-state index in [1.807, 2.05) is 30.3 Å². The Labute approximate surface area is 272 Å². The Balaban J connectivity index is 1.22. The van der Waals surface area contributed by atoms with Gasteiger partial charge in [0.25, 0.3) is 0 Å². The van der Waals surface area contributed by atoms with Crippen LogP contribution in [0.25, 0.3) is 11.1 Å². The molecule has 2 aliphatic rings. The fourth-order valence-electron chi connectivity index (χ4n) is 6.44. The van der Waals surface area contributed by atoms with Crippen LogP contribution in [-0.4, -0.2) is 52.7 Å². The van der Waals surface area contributed by atoms with Crippen molar-refractivity contribution >= 4 is 11.9 Å². The van der Waals surface area contributed by atoms with E-state index >= 15 is 0 Å². The molecule has 0 radical (unpaired) electrons. The summed E-state index contributed by atoms with van der Waals surface area (Å²) < 4.78 is 13.2. The minimum atomic E-state index is -0.770. The predicted molar refractivity (Wildman–Crippen MR) is 178 cm³/mol. The van der Waals surface area contributed by atoms with Crippen molar-refractivity contribution in [3.63, 3.8) is 0 Å². The number of nitrogens with one attached hydrogen (secondary N) is 1. The number of hydrogen-bond acceptors (Lipinski definition) is 6. The van der Waals surface area contributed by atoms with Crippen LogP contribution in [0.2, 0.25) is 0 Å². The number of carbonyl (C=O) groups excluding carboxylic acids is 1. The van der Waals surface area contributed by atoms with Gasteiger partial charge in [0.1, 0.15) is 0 Å². The first-order chi connectivity index (χ1) is 22.5. The quantitative estimate of drug-likeness (QED) is 0.157. The standard InChI is InChI=1S/C38H48N2O6/c41-27-28-14-16-30(17-15-28)35-24-33(26-40-22-8-3-9-23-40)45-38(46-35)31-20-18-29(19-21-31)34-11-7-6-10-32(34)25-39-36(42)12-4-1-2-5-13-37(43)44/h6-7,10-11,14-21,33,35,38,41H,1-5,8-9,12-13,22-27H2,(H,39,42)(H,43,44)/t33-,35+,38+/m1/s1. The summed E-state index contributed by atoms with van der Waals surface area (Å²) in [6, 6.07) is 24.5. The Hall–Kier alpha value is -3.56. The molecule has 0 unspecified atom stereocenters. The molecule has 0 bridgehead atoms. The average molecular weight is 629 g/mol. The van der Waals surface area contributed by atoms with Crippen LogP contribution in [0.4, 0.5) is 0 Å². The number of amides is 1. The molecule has 1 amide bonds. The number of benzene rings is 3. The van der Waals surface area contributed by atoms with E-state index < -0.39 is 12.3 Å². The van der Waals surface area contributed by atoms with Crippen molar-refractivity contribution in [1.82, 2.24) is 10.2 Å². The Bertz CT molecular complexity index is 1390. The molecule has 0 spiro atoms. The lowest BCUT2D eigenvalue weighted by Gasteiger charge is -2.39. The zero-order valence-corrected chi connectivity index (χ0v) is 26.7. The van der Waals surface area contributed by atoms with E-state index in [9.17, 15) is 14.7 Å². The third-order valence-electron chi connectivity index (χ3n) is 9.06. The highest BCUT2D eigenvalue weighted by molar-refractivity contribution is 5.76. The molecule has 8 heteroatoms. The van der Waals surface area contributed by atoms with Gasteiger partial charge in [0.05, 0.1) is 18.8 Å². The molecule has 3 aromatic rings. The number of ether oxygens (including phenoxy) is 2. The number of nitrogens with zero attached hydrogens (tertiary/aromatic N) is 1. The molecule has 246 valence electrons. The molecule has 8 nitrogen and oxygen atoms in total.